The van der Waals surface area contributed by atoms with Crippen LogP contribution in [0.25, 0.3) is 16.9 Å². The highest BCUT2D eigenvalue weighted by Crippen LogP contribution is 2.26. The van der Waals surface area contributed by atoms with Crippen molar-refractivity contribution in [3.63, 3.8) is 0 Å². The van der Waals surface area contributed by atoms with Gasteiger partial charge in [0.2, 0.25) is 0 Å². The molecular formula is C24H28F2N6O3. The van der Waals surface area contributed by atoms with Crippen LogP contribution in [0.4, 0.5) is 14.5 Å². The van der Waals surface area contributed by atoms with Gasteiger partial charge in [-0.25, -0.2) is 13.3 Å². The monoisotopic (exact) mass is 486 g/mol. The van der Waals surface area contributed by atoms with Crippen molar-refractivity contribution in [1.82, 2.24) is 19.9 Å². The SMILES string of the molecule is CC(C)(O)[C@H](F)CNC(=O)c1cnc(-c2ccc3cc(C#N)cnn23)cc1NC[C@@H](F)C(C)(C)O. The second-order valence-corrected chi connectivity index (χ2v) is 9.36. The minimum Gasteiger partial charge on any atom is -0.387 e. The van der Waals surface area contributed by atoms with Crippen LogP contribution >= 0.6 is 0 Å². The molecule has 0 saturated carbocycles. The average molecular weight is 487 g/mol. The predicted molar refractivity (Wildman–Crippen MR) is 126 cm³/mol. The smallest absolute Gasteiger partial charge is 0.255 e. The van der Waals surface area contributed by atoms with Crippen molar-refractivity contribution in [2.45, 2.75) is 51.2 Å². The molecule has 0 aromatic carbocycles. The van der Waals surface area contributed by atoms with Gasteiger partial charge in [0.1, 0.15) is 18.4 Å². The van der Waals surface area contributed by atoms with Gasteiger partial charge in [0, 0.05) is 12.7 Å². The fraction of sp³-hybridized carbons (Fsp3) is 0.417. The molecule has 0 spiro atoms. The van der Waals surface area contributed by atoms with Crippen molar-refractivity contribution in [1.29, 1.82) is 5.26 Å². The van der Waals surface area contributed by atoms with Gasteiger partial charge in [0.05, 0.1) is 57.7 Å². The van der Waals surface area contributed by atoms with Gasteiger partial charge in [0.15, 0.2) is 0 Å². The molecule has 1 amide bonds. The number of pyridine rings is 1. The fourth-order valence-electron chi connectivity index (χ4n) is 3.15. The van der Waals surface area contributed by atoms with Crippen molar-refractivity contribution in [3.05, 3.63) is 47.8 Å². The van der Waals surface area contributed by atoms with Crippen molar-refractivity contribution in [2.75, 3.05) is 18.4 Å². The zero-order valence-corrected chi connectivity index (χ0v) is 19.9. The molecule has 0 fully saturated rings. The highest BCUT2D eigenvalue weighted by Gasteiger charge is 2.29. The van der Waals surface area contributed by atoms with E-state index in [1.807, 2.05) is 6.07 Å². The summed E-state index contributed by atoms with van der Waals surface area (Å²) >= 11 is 0. The van der Waals surface area contributed by atoms with Gasteiger partial charge in [-0.1, -0.05) is 0 Å². The van der Waals surface area contributed by atoms with Crippen LogP contribution in [-0.4, -0.2) is 67.4 Å². The number of amides is 1. The van der Waals surface area contributed by atoms with Crippen LogP contribution in [0.5, 0.6) is 0 Å². The normalized spacial score (nSPS) is 13.8. The molecule has 2 atom stereocenters. The van der Waals surface area contributed by atoms with Gasteiger partial charge in [0.25, 0.3) is 5.91 Å². The molecule has 9 nitrogen and oxygen atoms in total. The Hall–Kier alpha value is -3.62. The number of rotatable bonds is 9. The predicted octanol–water partition coefficient (Wildman–Crippen LogP) is 2.63. The van der Waals surface area contributed by atoms with Gasteiger partial charge in [-0.2, -0.15) is 10.4 Å². The van der Waals surface area contributed by atoms with E-state index in [1.54, 1.807) is 22.7 Å². The van der Waals surface area contributed by atoms with E-state index in [2.05, 4.69) is 20.7 Å². The lowest BCUT2D eigenvalue weighted by Gasteiger charge is -2.24. The number of anilines is 1. The summed E-state index contributed by atoms with van der Waals surface area (Å²) in [5, 5.41) is 38.3. The van der Waals surface area contributed by atoms with Gasteiger partial charge >= 0.3 is 0 Å². The van der Waals surface area contributed by atoms with Crippen LogP contribution < -0.4 is 10.6 Å². The Balaban J connectivity index is 1.95. The average Bonchev–Trinajstić information content (AvgIpc) is 3.22. The molecule has 0 saturated heterocycles. The molecule has 11 heteroatoms. The number of hydrogen-bond acceptors (Lipinski definition) is 7. The van der Waals surface area contributed by atoms with Crippen LogP contribution in [0.3, 0.4) is 0 Å². The third-order valence-corrected chi connectivity index (χ3v) is 5.49. The minimum atomic E-state index is -1.71. The van der Waals surface area contributed by atoms with E-state index in [4.69, 9.17) is 5.26 Å². The minimum absolute atomic E-state index is 0.0280. The van der Waals surface area contributed by atoms with Crippen LogP contribution in [0.1, 0.15) is 43.6 Å². The summed E-state index contributed by atoms with van der Waals surface area (Å²) in [6, 6.07) is 8.69. The largest absolute Gasteiger partial charge is 0.387 e. The Morgan fingerprint density at radius 3 is 2.40 bits per heavy atom. The van der Waals surface area contributed by atoms with Crippen molar-refractivity contribution < 1.29 is 23.8 Å². The van der Waals surface area contributed by atoms with Gasteiger partial charge < -0.3 is 20.8 Å². The lowest BCUT2D eigenvalue weighted by atomic mass is 10.0. The van der Waals surface area contributed by atoms with E-state index in [0.717, 1.165) is 0 Å². The molecule has 186 valence electrons. The lowest BCUT2D eigenvalue weighted by Crippen LogP contribution is -2.42. The first-order valence-corrected chi connectivity index (χ1v) is 10.9. The van der Waals surface area contributed by atoms with Crippen LogP contribution in [0.2, 0.25) is 0 Å². The standard InChI is InChI=1S/C24H28F2N6O3/c1-23(2,34)20(25)12-29-17-8-18(19-6-5-15-7-14(9-27)10-31-32(15)19)28-11-16(17)22(33)30-13-21(26)24(3,4)35/h5-8,10-11,20-21,34-35H,12-13H2,1-4H3,(H,28,29)(H,30,33)/t20-,21-/m1/s1. The topological polar surface area (TPSA) is 136 Å². The molecule has 35 heavy (non-hydrogen) atoms. The number of halogens is 2. The molecule has 3 aromatic rings. The molecule has 3 rings (SSSR count). The third-order valence-electron chi connectivity index (χ3n) is 5.49. The summed E-state index contributed by atoms with van der Waals surface area (Å²) in [4.78, 5) is 17.1. The van der Waals surface area contributed by atoms with Gasteiger partial charge in [-0.15, -0.1) is 0 Å². The Kier molecular flexibility index (Phi) is 7.38. The Labute approximate surface area is 201 Å². The summed E-state index contributed by atoms with van der Waals surface area (Å²) in [6.45, 7) is 4.50. The number of aromatic nitrogens is 3. The number of fused-ring (bicyclic) bond motifs is 1. The number of aliphatic hydroxyl groups is 2. The molecule has 0 aliphatic heterocycles. The summed E-state index contributed by atoms with van der Waals surface area (Å²) in [5.74, 6) is -0.672. The van der Waals surface area contributed by atoms with Crippen molar-refractivity contribution in [2.24, 2.45) is 0 Å². The van der Waals surface area contributed by atoms with Crippen LogP contribution in [0, 0.1) is 11.3 Å². The third kappa shape index (κ3) is 6.09. The van der Waals surface area contributed by atoms with Gasteiger partial charge in [-0.05, 0) is 52.0 Å². The Bertz CT molecular complexity index is 1260. The van der Waals surface area contributed by atoms with Crippen LogP contribution in [-0.2, 0) is 0 Å². The molecule has 0 radical (unpaired) electrons. The number of nitrogens with zero attached hydrogens (tertiary/aromatic N) is 4. The number of carbonyl (C=O) groups excluding carboxylic acids is 1. The zero-order chi connectivity index (χ0) is 26.0. The summed E-state index contributed by atoms with van der Waals surface area (Å²) in [5.41, 5.74) is -1.00. The highest BCUT2D eigenvalue weighted by molar-refractivity contribution is 6.00. The molecule has 0 aliphatic carbocycles. The van der Waals surface area contributed by atoms with E-state index < -0.39 is 36.0 Å². The number of nitrogens with one attached hydrogen (secondary N) is 2. The van der Waals surface area contributed by atoms with E-state index in [1.165, 1.54) is 46.2 Å². The maximum Gasteiger partial charge on any atom is 0.255 e. The molecule has 3 aromatic heterocycles. The van der Waals surface area contributed by atoms with E-state index in [-0.39, 0.29) is 17.8 Å². The molecular weight excluding hydrogens is 458 g/mol. The maximum atomic E-state index is 14.4. The van der Waals surface area contributed by atoms with Gasteiger partial charge in [-0.3, -0.25) is 9.78 Å². The van der Waals surface area contributed by atoms with E-state index in [9.17, 15) is 23.8 Å². The fourth-order valence-corrected chi connectivity index (χ4v) is 3.15. The Morgan fingerprint density at radius 2 is 1.77 bits per heavy atom. The molecule has 0 unspecified atom stereocenters. The molecule has 0 bridgehead atoms. The highest BCUT2D eigenvalue weighted by atomic mass is 19.1. The summed E-state index contributed by atoms with van der Waals surface area (Å²) in [6.07, 6.45) is -0.688. The van der Waals surface area contributed by atoms with Crippen LogP contribution in [0.15, 0.2) is 36.7 Å². The first kappa shape index (κ1) is 26.0. The molecule has 3 heterocycles. The first-order chi connectivity index (χ1) is 16.3. The summed E-state index contributed by atoms with van der Waals surface area (Å²) in [7, 11) is 0. The lowest BCUT2D eigenvalue weighted by molar-refractivity contribution is -0.00178. The first-order valence-electron chi connectivity index (χ1n) is 10.9. The number of nitriles is 1. The van der Waals surface area contributed by atoms with Crippen molar-refractivity contribution in [3.8, 4) is 17.5 Å². The Morgan fingerprint density at radius 1 is 1.11 bits per heavy atom. The molecule has 4 N–H and O–H groups in total. The second-order valence-electron chi connectivity index (χ2n) is 9.36. The number of alkyl halides is 2. The number of hydrogen-bond donors (Lipinski definition) is 4. The van der Waals surface area contributed by atoms with E-state index >= 15 is 0 Å². The maximum absolute atomic E-state index is 14.4. The second kappa shape index (κ2) is 9.93. The van der Waals surface area contributed by atoms with E-state index in [0.29, 0.717) is 22.5 Å². The quantitative estimate of drug-likeness (QED) is 0.365. The summed E-state index contributed by atoms with van der Waals surface area (Å²) < 4.78 is 30.1. The number of carbonyl (C=O) groups is 1. The van der Waals surface area contributed by atoms with Crippen molar-refractivity contribution >= 4 is 17.1 Å². The zero-order valence-electron chi connectivity index (χ0n) is 19.9. The molecule has 0 aliphatic rings.